The fourth-order valence-electron chi connectivity index (χ4n) is 1.51. The van der Waals surface area contributed by atoms with Gasteiger partial charge in [0.1, 0.15) is 5.75 Å². The van der Waals surface area contributed by atoms with E-state index in [4.69, 9.17) is 20.3 Å². The number of hydrogen-bond donors (Lipinski definition) is 2. The zero-order valence-corrected chi connectivity index (χ0v) is 10.9. The summed E-state index contributed by atoms with van der Waals surface area (Å²) in [4.78, 5) is 22.4. The molecule has 0 spiro atoms. The highest BCUT2D eigenvalue weighted by molar-refractivity contribution is 5.93. The van der Waals surface area contributed by atoms with Crippen molar-refractivity contribution in [2.45, 2.75) is 26.4 Å². The molecule has 0 aliphatic carbocycles. The second-order valence-corrected chi connectivity index (χ2v) is 3.82. The van der Waals surface area contributed by atoms with Crippen molar-refractivity contribution in [3.05, 3.63) is 23.8 Å². The van der Waals surface area contributed by atoms with Crippen LogP contribution >= 0.6 is 0 Å². The summed E-state index contributed by atoms with van der Waals surface area (Å²) in [5.41, 5.74) is 5.68. The Labute approximate surface area is 111 Å². The van der Waals surface area contributed by atoms with Crippen LogP contribution in [0.25, 0.3) is 0 Å². The molecule has 0 radical (unpaired) electrons. The second-order valence-electron chi connectivity index (χ2n) is 3.82. The van der Waals surface area contributed by atoms with E-state index in [1.54, 1.807) is 13.8 Å². The molecule has 1 aromatic carbocycles. The Morgan fingerprint density at radius 2 is 2.05 bits per heavy atom. The van der Waals surface area contributed by atoms with Gasteiger partial charge in [0.25, 0.3) is 0 Å². The van der Waals surface area contributed by atoms with Crippen LogP contribution in [0.1, 0.15) is 30.6 Å². The van der Waals surface area contributed by atoms with E-state index < -0.39 is 18.0 Å². The lowest BCUT2D eigenvalue weighted by molar-refractivity contribution is -0.151. The van der Waals surface area contributed by atoms with Crippen molar-refractivity contribution >= 4 is 17.6 Å². The number of carbonyl (C=O) groups excluding carboxylic acids is 1. The van der Waals surface area contributed by atoms with Crippen molar-refractivity contribution < 1.29 is 24.2 Å². The molecule has 1 unspecified atom stereocenters. The molecule has 0 amide bonds. The van der Waals surface area contributed by atoms with Gasteiger partial charge in [-0.15, -0.1) is 0 Å². The van der Waals surface area contributed by atoms with Gasteiger partial charge in [-0.05, 0) is 25.5 Å². The molecule has 1 rings (SSSR count). The van der Waals surface area contributed by atoms with E-state index in [1.165, 1.54) is 18.2 Å². The quantitative estimate of drug-likeness (QED) is 0.601. The first-order chi connectivity index (χ1) is 8.99. The van der Waals surface area contributed by atoms with E-state index in [0.29, 0.717) is 12.2 Å². The predicted octanol–water partition coefficient (Wildman–Crippen LogP) is 1.69. The molecule has 104 valence electrons. The Morgan fingerprint density at radius 3 is 2.53 bits per heavy atom. The molecule has 0 aromatic heterocycles. The summed E-state index contributed by atoms with van der Waals surface area (Å²) < 4.78 is 10.3. The van der Waals surface area contributed by atoms with Crippen LogP contribution in [0.5, 0.6) is 5.75 Å². The number of aromatic carboxylic acids is 1. The smallest absolute Gasteiger partial charge is 0.347 e. The zero-order valence-electron chi connectivity index (χ0n) is 10.9. The molecular weight excluding hydrogens is 250 g/mol. The maximum absolute atomic E-state index is 11.6. The fraction of sp³-hybridized carbons (Fsp3) is 0.385. The van der Waals surface area contributed by atoms with Gasteiger partial charge in [0.2, 0.25) is 0 Å². The Balaban J connectivity index is 2.84. The Bertz CT molecular complexity index is 472. The van der Waals surface area contributed by atoms with E-state index in [0.717, 1.165) is 0 Å². The van der Waals surface area contributed by atoms with Crippen LogP contribution in [0.3, 0.4) is 0 Å². The number of carboxylic acid groups (broad SMARTS) is 1. The number of hydrogen-bond acceptors (Lipinski definition) is 5. The van der Waals surface area contributed by atoms with Gasteiger partial charge in [-0.1, -0.05) is 6.92 Å². The number of nitrogens with two attached hydrogens (primary N) is 1. The maximum Gasteiger partial charge on any atom is 0.347 e. The summed E-state index contributed by atoms with van der Waals surface area (Å²) >= 11 is 0. The minimum absolute atomic E-state index is 0.00321. The van der Waals surface area contributed by atoms with Crippen molar-refractivity contribution in [2.75, 3.05) is 12.3 Å². The molecule has 0 saturated carbocycles. The molecule has 1 aromatic rings. The molecule has 0 aliphatic heterocycles. The van der Waals surface area contributed by atoms with Gasteiger partial charge in [0.15, 0.2) is 6.10 Å². The Kier molecular flexibility index (Phi) is 5.17. The van der Waals surface area contributed by atoms with Gasteiger partial charge in [0, 0.05) is 11.8 Å². The lowest BCUT2D eigenvalue weighted by atomic mass is 10.1. The van der Waals surface area contributed by atoms with E-state index in [-0.39, 0.29) is 17.9 Å². The first-order valence-corrected chi connectivity index (χ1v) is 5.95. The molecule has 0 bridgehead atoms. The molecule has 0 heterocycles. The molecule has 6 heteroatoms. The van der Waals surface area contributed by atoms with Gasteiger partial charge >= 0.3 is 11.9 Å². The predicted molar refractivity (Wildman–Crippen MR) is 69.2 cm³/mol. The molecular formula is C13H17NO5. The summed E-state index contributed by atoms with van der Waals surface area (Å²) in [6.45, 7) is 3.78. The summed E-state index contributed by atoms with van der Waals surface area (Å²) in [6.07, 6.45) is -0.283. The van der Waals surface area contributed by atoms with Crippen LogP contribution in [-0.2, 0) is 9.53 Å². The van der Waals surface area contributed by atoms with Crippen LogP contribution in [0, 0.1) is 0 Å². The number of rotatable bonds is 6. The first kappa shape index (κ1) is 14.8. The van der Waals surface area contributed by atoms with Crippen molar-refractivity contribution in [3.8, 4) is 5.75 Å². The largest absolute Gasteiger partial charge is 0.479 e. The molecule has 19 heavy (non-hydrogen) atoms. The molecule has 0 fully saturated rings. The van der Waals surface area contributed by atoms with E-state index in [9.17, 15) is 9.59 Å². The highest BCUT2D eigenvalue weighted by Gasteiger charge is 2.20. The summed E-state index contributed by atoms with van der Waals surface area (Å²) in [7, 11) is 0. The van der Waals surface area contributed by atoms with E-state index in [1.807, 2.05) is 0 Å². The van der Waals surface area contributed by atoms with Gasteiger partial charge in [0.05, 0.1) is 12.2 Å². The summed E-state index contributed by atoms with van der Waals surface area (Å²) in [5, 5.41) is 8.85. The third-order valence-corrected chi connectivity index (χ3v) is 2.45. The average molecular weight is 267 g/mol. The van der Waals surface area contributed by atoms with Crippen LogP contribution in [-0.4, -0.2) is 29.8 Å². The van der Waals surface area contributed by atoms with Crippen LogP contribution < -0.4 is 10.5 Å². The molecule has 0 saturated heterocycles. The standard InChI is InChI=1S/C13H17NO5/c1-3-11(13(17)18-4-2)19-8-5-6-9(12(15)16)10(14)7-8/h5-7,11H,3-4,14H2,1-2H3,(H,15,16). The topological polar surface area (TPSA) is 98.8 Å². The average Bonchev–Trinajstić information content (AvgIpc) is 2.35. The lowest BCUT2D eigenvalue weighted by Crippen LogP contribution is -2.28. The van der Waals surface area contributed by atoms with Gasteiger partial charge in [-0.3, -0.25) is 0 Å². The molecule has 0 aliphatic rings. The number of anilines is 1. The minimum Gasteiger partial charge on any atom is -0.479 e. The highest BCUT2D eigenvalue weighted by Crippen LogP contribution is 2.21. The zero-order chi connectivity index (χ0) is 14.4. The number of ether oxygens (including phenoxy) is 2. The third-order valence-electron chi connectivity index (χ3n) is 2.45. The number of esters is 1. The normalized spacial score (nSPS) is 11.7. The molecule has 1 atom stereocenters. The minimum atomic E-state index is -1.11. The number of benzene rings is 1. The Morgan fingerprint density at radius 1 is 1.37 bits per heavy atom. The van der Waals surface area contributed by atoms with Crippen LogP contribution in [0.4, 0.5) is 5.69 Å². The van der Waals surface area contributed by atoms with Gasteiger partial charge in [-0.2, -0.15) is 0 Å². The highest BCUT2D eigenvalue weighted by atomic mass is 16.6. The van der Waals surface area contributed by atoms with Crippen LogP contribution in [0.2, 0.25) is 0 Å². The van der Waals surface area contributed by atoms with Crippen LogP contribution in [0.15, 0.2) is 18.2 Å². The number of carbonyl (C=O) groups is 2. The summed E-state index contributed by atoms with van der Waals surface area (Å²) in [6, 6.07) is 4.18. The number of carboxylic acids is 1. The Hall–Kier alpha value is -2.24. The SMILES string of the molecule is CCOC(=O)C(CC)Oc1ccc(C(=O)O)c(N)c1. The third kappa shape index (κ3) is 3.87. The second kappa shape index (κ2) is 6.63. The van der Waals surface area contributed by atoms with E-state index in [2.05, 4.69) is 0 Å². The summed E-state index contributed by atoms with van der Waals surface area (Å²) in [5.74, 6) is -1.23. The van der Waals surface area contributed by atoms with Gasteiger partial charge in [-0.25, -0.2) is 9.59 Å². The monoisotopic (exact) mass is 267 g/mol. The number of nitrogen functional groups attached to an aromatic ring is 1. The van der Waals surface area contributed by atoms with Crippen molar-refractivity contribution in [3.63, 3.8) is 0 Å². The van der Waals surface area contributed by atoms with Crippen molar-refractivity contribution in [1.82, 2.24) is 0 Å². The van der Waals surface area contributed by atoms with Crippen molar-refractivity contribution in [2.24, 2.45) is 0 Å². The van der Waals surface area contributed by atoms with E-state index >= 15 is 0 Å². The molecule has 6 nitrogen and oxygen atoms in total. The lowest BCUT2D eigenvalue weighted by Gasteiger charge is -2.16. The fourth-order valence-corrected chi connectivity index (χ4v) is 1.51. The van der Waals surface area contributed by atoms with Gasteiger partial charge < -0.3 is 20.3 Å². The van der Waals surface area contributed by atoms with Crippen molar-refractivity contribution in [1.29, 1.82) is 0 Å². The first-order valence-electron chi connectivity index (χ1n) is 5.95. The maximum atomic E-state index is 11.6. The molecule has 3 N–H and O–H groups in total.